The number of rotatable bonds is 5. The van der Waals surface area contributed by atoms with Crippen molar-refractivity contribution in [3.8, 4) is 5.75 Å². The molecule has 0 amide bonds. The summed E-state index contributed by atoms with van der Waals surface area (Å²) in [6.45, 7) is 6.72. The van der Waals surface area contributed by atoms with Gasteiger partial charge in [-0.3, -0.25) is 9.67 Å². The zero-order valence-electron chi connectivity index (χ0n) is 10.2. The molecule has 1 heterocycles. The van der Waals surface area contributed by atoms with Crippen molar-refractivity contribution < 1.29 is 4.74 Å². The minimum Gasteiger partial charge on any atom is -0.485 e. The van der Waals surface area contributed by atoms with Gasteiger partial charge in [-0.15, -0.1) is 6.58 Å². The maximum absolute atomic E-state index is 5.74. The van der Waals surface area contributed by atoms with E-state index >= 15 is 0 Å². The number of hydrogen-bond acceptors (Lipinski definition) is 3. The molecule has 2 rings (SSSR count). The van der Waals surface area contributed by atoms with Crippen LogP contribution in [0.5, 0.6) is 5.75 Å². The van der Waals surface area contributed by atoms with Crippen LogP contribution in [0.1, 0.15) is 11.4 Å². The van der Waals surface area contributed by atoms with E-state index in [1.54, 1.807) is 6.08 Å². The molecule has 18 heavy (non-hydrogen) atoms. The van der Waals surface area contributed by atoms with E-state index in [0.29, 0.717) is 17.9 Å². The van der Waals surface area contributed by atoms with Crippen molar-refractivity contribution in [2.75, 3.05) is 0 Å². The Morgan fingerprint density at radius 1 is 1.50 bits per heavy atom. The van der Waals surface area contributed by atoms with Gasteiger partial charge in [0.05, 0.1) is 0 Å². The van der Waals surface area contributed by atoms with Gasteiger partial charge < -0.3 is 4.74 Å². The van der Waals surface area contributed by atoms with Crippen LogP contribution in [0.2, 0.25) is 0 Å². The molecule has 0 fully saturated rings. The average Bonchev–Trinajstić information content (AvgIpc) is 2.71. The number of H-pyrrole nitrogens is 1. The van der Waals surface area contributed by atoms with E-state index in [4.69, 9.17) is 17.0 Å². The largest absolute Gasteiger partial charge is 0.485 e. The predicted molar refractivity (Wildman–Crippen MR) is 73.1 cm³/mol. The Morgan fingerprint density at radius 3 is 3.00 bits per heavy atom. The van der Waals surface area contributed by atoms with Crippen LogP contribution in [0, 0.1) is 11.7 Å². The molecule has 0 unspecified atom stereocenters. The third kappa shape index (κ3) is 2.68. The van der Waals surface area contributed by atoms with E-state index in [9.17, 15) is 0 Å². The summed E-state index contributed by atoms with van der Waals surface area (Å²) in [6.07, 6.45) is 1.78. The van der Waals surface area contributed by atoms with Crippen LogP contribution in [-0.4, -0.2) is 14.8 Å². The van der Waals surface area contributed by atoms with Gasteiger partial charge in [0, 0.05) is 6.54 Å². The van der Waals surface area contributed by atoms with Gasteiger partial charge in [-0.25, -0.2) is 0 Å². The van der Waals surface area contributed by atoms with Crippen molar-refractivity contribution in [1.29, 1.82) is 0 Å². The minimum atomic E-state index is 0.381. The number of ether oxygens (including phenoxy) is 1. The summed E-state index contributed by atoms with van der Waals surface area (Å²) in [5.41, 5.74) is 1.10. The smallest absolute Gasteiger partial charge is 0.195 e. The summed E-state index contributed by atoms with van der Waals surface area (Å²) in [7, 11) is 0. The second-order valence-electron chi connectivity index (χ2n) is 3.90. The van der Waals surface area contributed by atoms with Crippen molar-refractivity contribution in [2.24, 2.45) is 0 Å². The molecule has 0 aliphatic carbocycles. The molecule has 0 aliphatic heterocycles. The van der Waals surface area contributed by atoms with Crippen molar-refractivity contribution in [3.63, 3.8) is 0 Å². The van der Waals surface area contributed by atoms with Crippen molar-refractivity contribution in [1.82, 2.24) is 14.8 Å². The third-order valence-corrected chi connectivity index (χ3v) is 2.91. The van der Waals surface area contributed by atoms with E-state index in [-0.39, 0.29) is 0 Å². The molecule has 2 aromatic rings. The lowest BCUT2D eigenvalue weighted by Gasteiger charge is -2.08. The molecule has 1 N–H and O–H groups in total. The number of nitrogens with zero attached hydrogens (tertiary/aromatic N) is 2. The Bertz CT molecular complexity index is 600. The third-order valence-electron chi connectivity index (χ3n) is 2.60. The Kier molecular flexibility index (Phi) is 3.94. The van der Waals surface area contributed by atoms with Crippen molar-refractivity contribution in [2.45, 2.75) is 20.1 Å². The van der Waals surface area contributed by atoms with Crippen LogP contribution >= 0.6 is 12.2 Å². The first-order valence-corrected chi connectivity index (χ1v) is 6.06. The molecule has 0 aliphatic rings. The Labute approximate surface area is 111 Å². The number of aromatic amines is 1. The standard InChI is InChI=1S/C13H15N3OS/c1-3-8-16-12(14-15-13(16)18)9-17-11-7-5-4-6-10(11)2/h3-7H,1,8-9H2,2H3,(H,15,18). The van der Waals surface area contributed by atoms with Crippen LogP contribution < -0.4 is 4.74 Å². The SMILES string of the molecule is C=CCn1c(COc2ccccc2C)n[nH]c1=S. The lowest BCUT2D eigenvalue weighted by atomic mass is 10.2. The molecule has 1 aromatic heterocycles. The number of aryl methyl sites for hydroxylation is 1. The van der Waals surface area contributed by atoms with Gasteiger partial charge in [0.25, 0.3) is 0 Å². The number of nitrogens with one attached hydrogen (secondary N) is 1. The molecule has 5 heteroatoms. The van der Waals surface area contributed by atoms with Crippen molar-refractivity contribution in [3.05, 3.63) is 53.1 Å². The monoisotopic (exact) mass is 261 g/mol. The molecule has 1 aromatic carbocycles. The molecule has 0 atom stereocenters. The fourth-order valence-electron chi connectivity index (χ4n) is 1.64. The molecule has 0 spiro atoms. The van der Waals surface area contributed by atoms with E-state index in [1.807, 2.05) is 35.8 Å². The summed E-state index contributed by atoms with van der Waals surface area (Å²) < 4.78 is 8.18. The maximum Gasteiger partial charge on any atom is 0.195 e. The van der Waals surface area contributed by atoms with Gasteiger partial charge in [-0.2, -0.15) is 5.10 Å². The second-order valence-corrected chi connectivity index (χ2v) is 4.29. The highest BCUT2D eigenvalue weighted by Gasteiger charge is 2.06. The molecule has 0 saturated carbocycles. The van der Waals surface area contributed by atoms with Crippen LogP contribution in [0.4, 0.5) is 0 Å². The molecular weight excluding hydrogens is 246 g/mol. The number of benzene rings is 1. The van der Waals surface area contributed by atoms with Gasteiger partial charge in [0.1, 0.15) is 12.4 Å². The highest BCUT2D eigenvalue weighted by Crippen LogP contribution is 2.17. The van der Waals surface area contributed by atoms with Gasteiger partial charge in [-0.05, 0) is 30.8 Å². The fourth-order valence-corrected chi connectivity index (χ4v) is 1.86. The lowest BCUT2D eigenvalue weighted by molar-refractivity contribution is 0.288. The first-order valence-electron chi connectivity index (χ1n) is 5.65. The van der Waals surface area contributed by atoms with Gasteiger partial charge in [0.15, 0.2) is 10.6 Å². The zero-order chi connectivity index (χ0) is 13.0. The highest BCUT2D eigenvalue weighted by atomic mass is 32.1. The maximum atomic E-state index is 5.74. The summed E-state index contributed by atoms with van der Waals surface area (Å²) >= 11 is 5.14. The first-order chi connectivity index (χ1) is 8.72. The molecule has 0 saturated heterocycles. The fraction of sp³-hybridized carbons (Fsp3) is 0.231. The number of aromatic nitrogens is 3. The average molecular weight is 261 g/mol. The van der Waals surface area contributed by atoms with Crippen LogP contribution in [0.15, 0.2) is 36.9 Å². The molecular formula is C13H15N3OS. The first kappa shape index (κ1) is 12.6. The molecule has 0 radical (unpaired) electrons. The van der Waals surface area contributed by atoms with E-state index in [2.05, 4.69) is 16.8 Å². The Balaban J connectivity index is 2.13. The minimum absolute atomic E-state index is 0.381. The Morgan fingerprint density at radius 2 is 2.28 bits per heavy atom. The highest BCUT2D eigenvalue weighted by molar-refractivity contribution is 7.71. The van der Waals surface area contributed by atoms with Crippen molar-refractivity contribution >= 4 is 12.2 Å². The predicted octanol–water partition coefficient (Wildman–Crippen LogP) is 3.01. The normalized spacial score (nSPS) is 10.3. The van der Waals surface area contributed by atoms with Gasteiger partial charge >= 0.3 is 0 Å². The summed E-state index contributed by atoms with van der Waals surface area (Å²) in [4.78, 5) is 0. The summed E-state index contributed by atoms with van der Waals surface area (Å²) in [5.74, 6) is 1.62. The topological polar surface area (TPSA) is 42.8 Å². The van der Waals surface area contributed by atoms with Crippen LogP contribution in [0.3, 0.4) is 0 Å². The van der Waals surface area contributed by atoms with Gasteiger partial charge in [0.2, 0.25) is 0 Å². The molecule has 4 nitrogen and oxygen atoms in total. The molecule has 0 bridgehead atoms. The van der Waals surface area contributed by atoms with E-state index in [1.165, 1.54) is 0 Å². The summed E-state index contributed by atoms with van der Waals surface area (Å²) in [5, 5.41) is 6.91. The van der Waals surface area contributed by atoms with E-state index < -0.39 is 0 Å². The number of allylic oxidation sites excluding steroid dienone is 1. The second kappa shape index (κ2) is 5.64. The zero-order valence-corrected chi connectivity index (χ0v) is 11.0. The van der Waals surface area contributed by atoms with Gasteiger partial charge in [-0.1, -0.05) is 24.3 Å². The number of hydrogen-bond donors (Lipinski definition) is 1. The van der Waals surface area contributed by atoms with Crippen LogP contribution in [-0.2, 0) is 13.2 Å². The van der Waals surface area contributed by atoms with E-state index in [0.717, 1.165) is 17.1 Å². The van der Waals surface area contributed by atoms with Crippen LogP contribution in [0.25, 0.3) is 0 Å². The summed E-state index contributed by atoms with van der Waals surface area (Å²) in [6, 6.07) is 7.88. The Hall–Kier alpha value is -1.88. The lowest BCUT2D eigenvalue weighted by Crippen LogP contribution is -2.07. The molecule has 94 valence electrons. The number of para-hydroxylation sites is 1. The quantitative estimate of drug-likeness (QED) is 0.664.